The number of benzene rings is 1. The van der Waals surface area contributed by atoms with Crippen LogP contribution in [0.15, 0.2) is 18.2 Å². The third kappa shape index (κ3) is 3.23. The maximum absolute atomic E-state index is 13.0. The monoisotopic (exact) mass is 324 g/mol. The summed E-state index contributed by atoms with van der Waals surface area (Å²) in [6.07, 6.45) is -3.55. The Kier molecular flexibility index (Phi) is 4.13. The first kappa shape index (κ1) is 16.0. The molecule has 0 spiro atoms. The molecule has 2 heterocycles. The predicted molar refractivity (Wildman–Crippen MR) is 74.7 cm³/mol. The Morgan fingerprint density at radius 3 is 2.48 bits per heavy atom. The van der Waals surface area contributed by atoms with E-state index in [0.717, 1.165) is 12.1 Å². The lowest BCUT2D eigenvalue weighted by atomic mass is 9.81. The number of nitrogens with zero attached hydrogens (tertiary/aromatic N) is 1. The van der Waals surface area contributed by atoms with Crippen molar-refractivity contribution < 1.29 is 22.7 Å². The van der Waals surface area contributed by atoms with Gasteiger partial charge in [-0.1, -0.05) is 6.07 Å². The average Bonchev–Trinajstić information content (AvgIpc) is 2.52. The molecule has 2 unspecified atom stereocenters. The molecule has 1 N–H and O–H groups in total. The molecule has 2 aliphatic heterocycles. The van der Waals surface area contributed by atoms with Crippen LogP contribution in [0.1, 0.15) is 34.3 Å². The molecule has 3 rings (SSSR count). The summed E-state index contributed by atoms with van der Waals surface area (Å²) >= 11 is 0. The smallest absolute Gasteiger partial charge is 0.378 e. The Labute approximate surface area is 131 Å². The fourth-order valence-corrected chi connectivity index (χ4v) is 3.32. The van der Waals surface area contributed by atoms with Gasteiger partial charge >= 0.3 is 6.18 Å². The number of Topliss-reactive ketones (excluding diaryl/α,β-unsaturated/α-hetero) is 1. The molecule has 23 heavy (non-hydrogen) atoms. The molecule has 122 valence electrons. The predicted octanol–water partition coefficient (Wildman–Crippen LogP) is 2.53. The minimum atomic E-state index is -4.65. The van der Waals surface area contributed by atoms with Gasteiger partial charge < -0.3 is 10.1 Å². The first-order chi connectivity index (χ1) is 10.9. The van der Waals surface area contributed by atoms with Gasteiger partial charge in [0.05, 0.1) is 30.4 Å². The molecule has 0 saturated carbocycles. The van der Waals surface area contributed by atoms with Crippen molar-refractivity contribution in [2.24, 2.45) is 5.92 Å². The van der Waals surface area contributed by atoms with Crippen molar-refractivity contribution in [1.82, 2.24) is 5.32 Å². The summed E-state index contributed by atoms with van der Waals surface area (Å²) in [4.78, 5) is 12.6. The molecule has 1 aromatic carbocycles. The fraction of sp³-hybridized carbons (Fsp3) is 0.500. The van der Waals surface area contributed by atoms with E-state index in [4.69, 9.17) is 10.00 Å². The van der Waals surface area contributed by atoms with Gasteiger partial charge in [0.25, 0.3) is 0 Å². The summed E-state index contributed by atoms with van der Waals surface area (Å²) in [5.74, 6) is -0.609. The molecule has 0 aromatic heterocycles. The molecule has 0 aliphatic carbocycles. The molecule has 2 bridgehead atoms. The lowest BCUT2D eigenvalue weighted by molar-refractivity contribution is -0.137. The van der Waals surface area contributed by atoms with Crippen LogP contribution in [0.3, 0.4) is 0 Å². The highest BCUT2D eigenvalue weighted by atomic mass is 19.4. The van der Waals surface area contributed by atoms with E-state index < -0.39 is 17.3 Å². The van der Waals surface area contributed by atoms with Crippen molar-refractivity contribution in [2.75, 3.05) is 13.2 Å². The summed E-state index contributed by atoms with van der Waals surface area (Å²) in [7, 11) is 0. The molecule has 0 amide bonds. The number of rotatable bonds is 2. The van der Waals surface area contributed by atoms with Gasteiger partial charge in [0.1, 0.15) is 0 Å². The maximum atomic E-state index is 13.0. The van der Waals surface area contributed by atoms with Gasteiger partial charge in [-0.25, -0.2) is 0 Å². The van der Waals surface area contributed by atoms with Crippen LogP contribution in [0.4, 0.5) is 13.2 Å². The molecular formula is C16H15F3N2O2. The molecule has 0 radical (unpaired) electrons. The van der Waals surface area contributed by atoms with Gasteiger partial charge in [-0.3, -0.25) is 4.79 Å². The van der Waals surface area contributed by atoms with Crippen LogP contribution in [0.25, 0.3) is 0 Å². The zero-order valence-electron chi connectivity index (χ0n) is 12.2. The number of hydrogen-bond acceptors (Lipinski definition) is 4. The largest absolute Gasteiger partial charge is 0.417 e. The van der Waals surface area contributed by atoms with Crippen molar-refractivity contribution in [3.05, 3.63) is 34.9 Å². The van der Waals surface area contributed by atoms with Crippen LogP contribution in [-0.4, -0.2) is 31.1 Å². The van der Waals surface area contributed by atoms with E-state index in [9.17, 15) is 18.0 Å². The van der Waals surface area contributed by atoms with Crippen LogP contribution in [0, 0.1) is 17.2 Å². The summed E-state index contributed by atoms with van der Waals surface area (Å²) in [5.41, 5.74) is -1.50. The number of fused-ring (bicyclic) bond motifs is 2. The van der Waals surface area contributed by atoms with Gasteiger partial charge in [0.2, 0.25) is 0 Å². The van der Waals surface area contributed by atoms with Gasteiger partial charge in [-0.15, -0.1) is 0 Å². The van der Waals surface area contributed by atoms with Crippen LogP contribution >= 0.6 is 0 Å². The Hall–Kier alpha value is -1.91. The number of carbonyl (C=O) groups excluding carboxylic acids is 1. The number of ether oxygens (including phenoxy) is 1. The standard InChI is InChI=1S/C16H15F3N2O2/c17-16(18,19)14-5-9(1-2-10(14)6-20)15(22)11-3-12-7-23-8-13(4-11)21-12/h1-2,5,11-13,21H,3-4,7-8H2. The van der Waals surface area contributed by atoms with E-state index in [1.807, 2.05) is 0 Å². The van der Waals surface area contributed by atoms with E-state index in [2.05, 4.69) is 5.32 Å². The number of halogens is 3. The maximum Gasteiger partial charge on any atom is 0.417 e. The average molecular weight is 324 g/mol. The summed E-state index contributed by atoms with van der Waals surface area (Å²) in [6.45, 7) is 1.03. The molecule has 4 nitrogen and oxygen atoms in total. The topological polar surface area (TPSA) is 62.1 Å². The molecule has 2 aliphatic rings. The first-order valence-electron chi connectivity index (χ1n) is 7.38. The van der Waals surface area contributed by atoms with E-state index in [1.165, 1.54) is 12.1 Å². The molecular weight excluding hydrogens is 309 g/mol. The van der Waals surface area contributed by atoms with Crippen LogP contribution in [-0.2, 0) is 10.9 Å². The normalized spacial score (nSPS) is 27.3. The van der Waals surface area contributed by atoms with Gasteiger partial charge in [0, 0.05) is 23.6 Å². The highest BCUT2D eigenvalue weighted by Crippen LogP contribution is 2.34. The summed E-state index contributed by atoms with van der Waals surface area (Å²) < 4.78 is 44.5. The second kappa shape index (κ2) is 5.95. The van der Waals surface area contributed by atoms with E-state index in [0.29, 0.717) is 26.1 Å². The van der Waals surface area contributed by atoms with E-state index in [-0.39, 0.29) is 29.3 Å². The van der Waals surface area contributed by atoms with Crippen LogP contribution in [0.2, 0.25) is 0 Å². The number of morpholine rings is 1. The fourth-order valence-electron chi connectivity index (χ4n) is 3.32. The van der Waals surface area contributed by atoms with E-state index in [1.54, 1.807) is 0 Å². The van der Waals surface area contributed by atoms with Crippen molar-refractivity contribution >= 4 is 5.78 Å². The third-order valence-electron chi connectivity index (χ3n) is 4.35. The minimum absolute atomic E-state index is 0.0159. The number of carbonyl (C=O) groups is 1. The Morgan fingerprint density at radius 2 is 1.91 bits per heavy atom. The molecule has 2 atom stereocenters. The lowest BCUT2D eigenvalue weighted by Crippen LogP contribution is -2.55. The van der Waals surface area contributed by atoms with Crippen LogP contribution < -0.4 is 5.32 Å². The molecule has 7 heteroatoms. The van der Waals surface area contributed by atoms with Gasteiger partial charge in [0.15, 0.2) is 5.78 Å². The second-order valence-electron chi connectivity index (χ2n) is 6.00. The molecule has 2 saturated heterocycles. The lowest BCUT2D eigenvalue weighted by Gasteiger charge is -2.39. The van der Waals surface area contributed by atoms with Gasteiger partial charge in [-0.2, -0.15) is 18.4 Å². The number of piperidine rings is 1. The highest BCUT2D eigenvalue weighted by molar-refractivity contribution is 5.98. The second-order valence-corrected chi connectivity index (χ2v) is 6.00. The van der Waals surface area contributed by atoms with Crippen LogP contribution in [0.5, 0.6) is 0 Å². The van der Waals surface area contributed by atoms with Crippen molar-refractivity contribution in [1.29, 1.82) is 5.26 Å². The summed E-state index contributed by atoms with van der Waals surface area (Å²) in [6, 6.07) is 4.84. The Balaban J connectivity index is 1.87. The highest BCUT2D eigenvalue weighted by Gasteiger charge is 2.37. The van der Waals surface area contributed by atoms with Crippen molar-refractivity contribution in [3.8, 4) is 6.07 Å². The van der Waals surface area contributed by atoms with Gasteiger partial charge in [-0.05, 0) is 25.0 Å². The van der Waals surface area contributed by atoms with E-state index >= 15 is 0 Å². The third-order valence-corrected chi connectivity index (χ3v) is 4.35. The molecule has 1 aromatic rings. The zero-order chi connectivity index (χ0) is 16.6. The first-order valence-corrected chi connectivity index (χ1v) is 7.38. The Morgan fingerprint density at radius 1 is 1.26 bits per heavy atom. The molecule has 2 fully saturated rings. The summed E-state index contributed by atoms with van der Waals surface area (Å²) in [5, 5.41) is 12.2. The van der Waals surface area contributed by atoms with Crippen molar-refractivity contribution in [3.63, 3.8) is 0 Å². The number of alkyl halides is 3. The minimum Gasteiger partial charge on any atom is -0.378 e. The number of nitriles is 1. The number of hydrogen-bond donors (Lipinski definition) is 1. The SMILES string of the molecule is N#Cc1ccc(C(=O)C2CC3COCC(C2)N3)cc1C(F)(F)F. The van der Waals surface area contributed by atoms with Crippen molar-refractivity contribution in [2.45, 2.75) is 31.1 Å². The quantitative estimate of drug-likeness (QED) is 0.849. The zero-order valence-corrected chi connectivity index (χ0v) is 12.2. The number of nitrogens with one attached hydrogen (secondary N) is 1. The number of ketones is 1. The Bertz CT molecular complexity index is 654.